The first-order valence-electron chi connectivity index (χ1n) is 12.7. The number of piperidine rings is 1. The van der Waals surface area contributed by atoms with Gasteiger partial charge in [-0.1, -0.05) is 0 Å². The molecule has 9 nitrogen and oxygen atoms in total. The van der Waals surface area contributed by atoms with Crippen molar-refractivity contribution in [1.82, 2.24) is 24.3 Å². The summed E-state index contributed by atoms with van der Waals surface area (Å²) in [6.45, 7) is 11.1. The Kier molecular flexibility index (Phi) is 6.15. The highest BCUT2D eigenvalue weighted by Crippen LogP contribution is 2.38. The van der Waals surface area contributed by atoms with Crippen LogP contribution < -0.4 is 4.74 Å². The van der Waals surface area contributed by atoms with Gasteiger partial charge in [0.1, 0.15) is 28.5 Å². The topological polar surface area (TPSA) is 97.7 Å². The number of ether oxygens (including phenoxy) is 2. The standard InChI is InChI=1S/C27H34N6O3/c1-17-23(15-30-33(17)22-8-10-31(11-9-22)26(34)36-27(3,4)5)20-12-24(35-18(2)19-6-7-19)25-21(13-28)14-29-32(25)16-20/h12,14-16,18-19,22H,6-11H2,1-5H3/t18-/m1/s1. The summed E-state index contributed by atoms with van der Waals surface area (Å²) in [5.74, 6) is 1.25. The lowest BCUT2D eigenvalue weighted by Crippen LogP contribution is -2.42. The molecule has 1 aliphatic carbocycles. The zero-order valence-corrected chi connectivity index (χ0v) is 21.7. The van der Waals surface area contributed by atoms with Crippen molar-refractivity contribution in [1.29, 1.82) is 5.26 Å². The minimum absolute atomic E-state index is 0.0875. The summed E-state index contributed by atoms with van der Waals surface area (Å²) in [7, 11) is 0. The number of nitriles is 1. The minimum Gasteiger partial charge on any atom is -0.488 e. The number of aromatic nitrogens is 4. The smallest absolute Gasteiger partial charge is 0.410 e. The van der Waals surface area contributed by atoms with Gasteiger partial charge in [-0.2, -0.15) is 15.5 Å². The Morgan fingerprint density at radius 2 is 1.89 bits per heavy atom. The number of pyridine rings is 1. The molecule has 1 atom stereocenters. The third-order valence-corrected chi connectivity index (χ3v) is 7.11. The summed E-state index contributed by atoms with van der Waals surface area (Å²) in [6.07, 6.45) is 9.24. The zero-order chi connectivity index (χ0) is 25.6. The van der Waals surface area contributed by atoms with Crippen molar-refractivity contribution < 1.29 is 14.3 Å². The number of amides is 1. The molecule has 3 aromatic heterocycles. The average Bonchev–Trinajstić information content (AvgIpc) is 3.49. The molecule has 5 rings (SSSR count). The molecule has 0 N–H and O–H groups in total. The van der Waals surface area contributed by atoms with Gasteiger partial charge in [-0.15, -0.1) is 0 Å². The van der Waals surface area contributed by atoms with Crippen LogP contribution in [0.5, 0.6) is 5.75 Å². The summed E-state index contributed by atoms with van der Waals surface area (Å²) in [5.41, 5.74) is 3.72. The quantitative estimate of drug-likeness (QED) is 0.492. The molecule has 2 aliphatic rings. The van der Waals surface area contributed by atoms with Crippen LogP contribution in [-0.4, -0.2) is 55.2 Å². The maximum atomic E-state index is 12.4. The first-order valence-corrected chi connectivity index (χ1v) is 12.7. The van der Waals surface area contributed by atoms with Gasteiger partial charge in [0.05, 0.1) is 24.5 Å². The Morgan fingerprint density at radius 3 is 2.53 bits per heavy atom. The monoisotopic (exact) mass is 490 g/mol. The number of likely N-dealkylation sites (tertiary alicyclic amines) is 1. The van der Waals surface area contributed by atoms with Crippen LogP contribution >= 0.6 is 0 Å². The first kappa shape index (κ1) is 24.2. The van der Waals surface area contributed by atoms with E-state index in [2.05, 4.69) is 29.7 Å². The van der Waals surface area contributed by atoms with Crippen LogP contribution in [0.15, 0.2) is 24.7 Å². The van der Waals surface area contributed by atoms with Crippen molar-refractivity contribution in [3.8, 4) is 22.9 Å². The maximum absolute atomic E-state index is 12.4. The summed E-state index contributed by atoms with van der Waals surface area (Å²) < 4.78 is 15.7. The molecular weight excluding hydrogens is 456 g/mol. The zero-order valence-electron chi connectivity index (χ0n) is 21.7. The van der Waals surface area contributed by atoms with E-state index in [4.69, 9.17) is 14.6 Å². The van der Waals surface area contributed by atoms with Crippen molar-refractivity contribution in [2.75, 3.05) is 13.1 Å². The van der Waals surface area contributed by atoms with E-state index in [1.807, 2.05) is 39.2 Å². The number of carbonyl (C=O) groups excluding carboxylic acids is 1. The number of fused-ring (bicyclic) bond motifs is 1. The molecule has 0 bridgehead atoms. The van der Waals surface area contributed by atoms with Crippen molar-refractivity contribution in [2.45, 2.75) is 78.0 Å². The minimum atomic E-state index is -0.496. The van der Waals surface area contributed by atoms with Gasteiger partial charge < -0.3 is 14.4 Å². The Balaban J connectivity index is 1.38. The fourth-order valence-electron chi connectivity index (χ4n) is 4.96. The lowest BCUT2D eigenvalue weighted by molar-refractivity contribution is 0.0184. The molecule has 1 amide bonds. The summed E-state index contributed by atoms with van der Waals surface area (Å²) >= 11 is 0. The third-order valence-electron chi connectivity index (χ3n) is 7.11. The first-order chi connectivity index (χ1) is 17.1. The molecule has 1 saturated heterocycles. The molecule has 190 valence electrons. The molecule has 3 aromatic rings. The summed E-state index contributed by atoms with van der Waals surface area (Å²) in [6, 6.07) is 4.45. The largest absolute Gasteiger partial charge is 0.488 e. The van der Waals surface area contributed by atoms with Gasteiger partial charge in [-0.25, -0.2) is 9.31 Å². The molecule has 9 heteroatoms. The van der Waals surface area contributed by atoms with Crippen LogP contribution in [0.3, 0.4) is 0 Å². The van der Waals surface area contributed by atoms with Crippen LogP contribution in [0.25, 0.3) is 16.6 Å². The molecule has 36 heavy (non-hydrogen) atoms. The lowest BCUT2D eigenvalue weighted by atomic mass is 10.0. The van der Waals surface area contributed by atoms with Crippen molar-refractivity contribution in [2.24, 2.45) is 5.92 Å². The number of nitrogens with zero attached hydrogens (tertiary/aromatic N) is 6. The molecular formula is C27H34N6O3. The molecule has 0 unspecified atom stereocenters. The van der Waals surface area contributed by atoms with E-state index in [1.54, 1.807) is 15.6 Å². The molecule has 4 heterocycles. The SMILES string of the molecule is Cc1c(-c2cc(O[C@H](C)C3CC3)c3c(C#N)cnn3c2)cnn1C1CCN(C(=O)OC(C)(C)C)CC1. The second-order valence-corrected chi connectivity index (χ2v) is 11.0. The van der Waals surface area contributed by atoms with E-state index in [-0.39, 0.29) is 18.2 Å². The highest BCUT2D eigenvalue weighted by atomic mass is 16.6. The molecule has 0 spiro atoms. The highest BCUT2D eigenvalue weighted by molar-refractivity contribution is 5.76. The van der Waals surface area contributed by atoms with Crippen LogP contribution in [0.4, 0.5) is 4.79 Å². The van der Waals surface area contributed by atoms with Crippen LogP contribution in [-0.2, 0) is 4.74 Å². The lowest BCUT2D eigenvalue weighted by Gasteiger charge is -2.33. The normalized spacial score (nSPS) is 17.7. The highest BCUT2D eigenvalue weighted by Gasteiger charge is 2.31. The van der Waals surface area contributed by atoms with Crippen LogP contribution in [0.2, 0.25) is 0 Å². The number of carbonyl (C=O) groups is 1. The molecule has 1 aliphatic heterocycles. The van der Waals surface area contributed by atoms with Gasteiger partial charge in [0, 0.05) is 36.1 Å². The number of hydrogen-bond donors (Lipinski definition) is 0. The van der Waals surface area contributed by atoms with Gasteiger partial charge in [0.2, 0.25) is 0 Å². The van der Waals surface area contributed by atoms with E-state index in [9.17, 15) is 10.1 Å². The number of rotatable bonds is 5. The second kappa shape index (κ2) is 9.16. The van der Waals surface area contributed by atoms with E-state index < -0.39 is 5.60 Å². The molecule has 0 radical (unpaired) electrons. The molecule has 2 fully saturated rings. The van der Waals surface area contributed by atoms with Gasteiger partial charge in [0.15, 0.2) is 0 Å². The van der Waals surface area contributed by atoms with E-state index >= 15 is 0 Å². The molecule has 1 saturated carbocycles. The Morgan fingerprint density at radius 1 is 1.17 bits per heavy atom. The van der Waals surface area contributed by atoms with Crippen molar-refractivity contribution in [3.05, 3.63) is 35.9 Å². The Bertz CT molecular complexity index is 1320. The Hall–Kier alpha value is -3.54. The van der Waals surface area contributed by atoms with Crippen molar-refractivity contribution in [3.63, 3.8) is 0 Å². The summed E-state index contributed by atoms with van der Waals surface area (Å²) in [5, 5.41) is 18.7. The Labute approximate surface area is 211 Å². The fourth-order valence-corrected chi connectivity index (χ4v) is 4.96. The maximum Gasteiger partial charge on any atom is 0.410 e. The van der Waals surface area contributed by atoms with E-state index in [0.29, 0.717) is 35.8 Å². The average molecular weight is 491 g/mol. The fraction of sp³-hybridized carbons (Fsp3) is 0.556. The predicted octanol–water partition coefficient (Wildman–Crippen LogP) is 5.13. The van der Waals surface area contributed by atoms with Gasteiger partial charge >= 0.3 is 6.09 Å². The van der Waals surface area contributed by atoms with Crippen LogP contribution in [0, 0.1) is 24.2 Å². The van der Waals surface area contributed by atoms with Gasteiger partial charge in [-0.3, -0.25) is 4.68 Å². The third kappa shape index (κ3) is 4.77. The summed E-state index contributed by atoms with van der Waals surface area (Å²) in [4.78, 5) is 14.2. The molecule has 0 aromatic carbocycles. The number of hydrogen-bond acceptors (Lipinski definition) is 6. The second-order valence-electron chi connectivity index (χ2n) is 11.0. The van der Waals surface area contributed by atoms with E-state index in [1.165, 1.54) is 12.8 Å². The van der Waals surface area contributed by atoms with Gasteiger partial charge in [-0.05, 0) is 72.3 Å². The van der Waals surface area contributed by atoms with Crippen molar-refractivity contribution >= 4 is 11.6 Å². The van der Waals surface area contributed by atoms with Gasteiger partial charge in [0.25, 0.3) is 0 Å². The van der Waals surface area contributed by atoms with E-state index in [0.717, 1.165) is 29.7 Å². The predicted molar refractivity (Wildman–Crippen MR) is 135 cm³/mol. The van der Waals surface area contributed by atoms with Crippen LogP contribution in [0.1, 0.15) is 70.7 Å².